The van der Waals surface area contributed by atoms with Gasteiger partial charge in [0.2, 0.25) is 0 Å². The SMILES string of the molecule is COc1ccc(OCCNC(=O)c2cccc(C(=O)NCC(C)C)n2)cc1. The van der Waals surface area contributed by atoms with Crippen molar-refractivity contribution in [1.29, 1.82) is 0 Å². The zero-order valence-electron chi connectivity index (χ0n) is 15.8. The molecule has 0 atom stereocenters. The van der Waals surface area contributed by atoms with Gasteiger partial charge in [-0.15, -0.1) is 0 Å². The lowest BCUT2D eigenvalue weighted by atomic mass is 10.2. The van der Waals surface area contributed by atoms with E-state index in [-0.39, 0.29) is 23.2 Å². The summed E-state index contributed by atoms with van der Waals surface area (Å²) in [5, 5.41) is 5.51. The number of hydrogen-bond acceptors (Lipinski definition) is 5. The summed E-state index contributed by atoms with van der Waals surface area (Å²) in [5.41, 5.74) is 0.412. The van der Waals surface area contributed by atoms with Gasteiger partial charge < -0.3 is 20.1 Å². The van der Waals surface area contributed by atoms with E-state index >= 15 is 0 Å². The van der Waals surface area contributed by atoms with Crippen molar-refractivity contribution in [3.8, 4) is 11.5 Å². The van der Waals surface area contributed by atoms with E-state index in [2.05, 4.69) is 15.6 Å². The van der Waals surface area contributed by atoms with Crippen LogP contribution in [0, 0.1) is 5.92 Å². The van der Waals surface area contributed by atoms with Crippen molar-refractivity contribution >= 4 is 11.8 Å². The van der Waals surface area contributed by atoms with Crippen LogP contribution in [0.2, 0.25) is 0 Å². The Labute approximate surface area is 159 Å². The second kappa shape index (κ2) is 10.2. The van der Waals surface area contributed by atoms with Gasteiger partial charge >= 0.3 is 0 Å². The van der Waals surface area contributed by atoms with E-state index < -0.39 is 0 Å². The first-order chi connectivity index (χ1) is 13.0. The van der Waals surface area contributed by atoms with E-state index in [9.17, 15) is 9.59 Å². The predicted octanol–water partition coefficient (Wildman–Crippen LogP) is 2.28. The second-order valence-corrected chi connectivity index (χ2v) is 6.29. The summed E-state index contributed by atoms with van der Waals surface area (Å²) in [6.07, 6.45) is 0. The second-order valence-electron chi connectivity index (χ2n) is 6.29. The van der Waals surface area contributed by atoms with E-state index in [0.29, 0.717) is 31.4 Å². The molecular formula is C20H25N3O4. The molecule has 0 fully saturated rings. The third kappa shape index (κ3) is 6.62. The first-order valence-corrected chi connectivity index (χ1v) is 8.80. The van der Waals surface area contributed by atoms with Gasteiger partial charge in [-0.2, -0.15) is 0 Å². The van der Waals surface area contributed by atoms with Crippen LogP contribution in [0.1, 0.15) is 34.8 Å². The van der Waals surface area contributed by atoms with Gasteiger partial charge in [0.25, 0.3) is 11.8 Å². The fourth-order valence-corrected chi connectivity index (χ4v) is 2.17. The predicted molar refractivity (Wildman–Crippen MR) is 102 cm³/mol. The number of hydrogen-bond donors (Lipinski definition) is 2. The molecule has 1 aromatic heterocycles. The van der Waals surface area contributed by atoms with Crippen LogP contribution in [0.25, 0.3) is 0 Å². The zero-order chi connectivity index (χ0) is 19.6. The monoisotopic (exact) mass is 371 g/mol. The highest BCUT2D eigenvalue weighted by molar-refractivity contribution is 5.96. The number of aromatic nitrogens is 1. The summed E-state index contributed by atoms with van der Waals surface area (Å²) >= 11 is 0. The quantitative estimate of drug-likeness (QED) is 0.660. The molecule has 0 saturated carbocycles. The van der Waals surface area contributed by atoms with Gasteiger partial charge in [0, 0.05) is 6.54 Å². The van der Waals surface area contributed by atoms with Crippen molar-refractivity contribution in [2.24, 2.45) is 5.92 Å². The van der Waals surface area contributed by atoms with E-state index in [1.165, 1.54) is 0 Å². The molecular weight excluding hydrogens is 346 g/mol. The number of carbonyl (C=O) groups excluding carboxylic acids is 2. The molecule has 0 aliphatic rings. The minimum atomic E-state index is -0.355. The molecule has 2 amide bonds. The van der Waals surface area contributed by atoms with Gasteiger partial charge in [0.1, 0.15) is 29.5 Å². The molecule has 0 bridgehead atoms. The molecule has 27 heavy (non-hydrogen) atoms. The average molecular weight is 371 g/mol. The van der Waals surface area contributed by atoms with E-state index in [0.717, 1.165) is 5.75 Å². The number of rotatable bonds is 9. The van der Waals surface area contributed by atoms with Crippen molar-refractivity contribution in [3.63, 3.8) is 0 Å². The summed E-state index contributed by atoms with van der Waals surface area (Å²) < 4.78 is 10.6. The fourth-order valence-electron chi connectivity index (χ4n) is 2.17. The minimum absolute atomic E-state index is 0.191. The molecule has 0 spiro atoms. The Morgan fingerprint density at radius 1 is 0.963 bits per heavy atom. The number of benzene rings is 1. The summed E-state index contributed by atoms with van der Waals surface area (Å²) in [6.45, 7) is 5.19. The molecule has 0 aliphatic carbocycles. The molecule has 0 aliphatic heterocycles. The van der Waals surface area contributed by atoms with Crippen molar-refractivity contribution in [2.75, 3.05) is 26.8 Å². The third-order valence-corrected chi connectivity index (χ3v) is 3.60. The fraction of sp³-hybridized carbons (Fsp3) is 0.350. The lowest BCUT2D eigenvalue weighted by Crippen LogP contribution is -2.31. The molecule has 144 valence electrons. The lowest BCUT2D eigenvalue weighted by molar-refractivity contribution is 0.0938. The van der Waals surface area contributed by atoms with Crippen LogP contribution in [-0.4, -0.2) is 43.6 Å². The number of carbonyl (C=O) groups is 2. The summed E-state index contributed by atoms with van der Waals surface area (Å²) in [6, 6.07) is 12.0. The number of amides is 2. The normalized spacial score (nSPS) is 10.4. The van der Waals surface area contributed by atoms with Crippen LogP contribution < -0.4 is 20.1 Å². The molecule has 0 radical (unpaired) electrons. The molecule has 1 heterocycles. The van der Waals surface area contributed by atoms with Crippen molar-refractivity contribution in [3.05, 3.63) is 53.9 Å². The van der Waals surface area contributed by atoms with Gasteiger partial charge in [0.15, 0.2) is 0 Å². The standard InChI is InChI=1S/C20H25N3O4/c1-14(2)13-22-20(25)18-6-4-5-17(23-18)19(24)21-11-12-27-16-9-7-15(26-3)8-10-16/h4-10,14H,11-13H2,1-3H3,(H,21,24)(H,22,25). The highest BCUT2D eigenvalue weighted by Gasteiger charge is 2.12. The van der Waals surface area contributed by atoms with Crippen LogP contribution in [0.5, 0.6) is 11.5 Å². The Bertz CT molecular complexity index is 760. The van der Waals surface area contributed by atoms with Gasteiger partial charge in [0.05, 0.1) is 13.7 Å². The number of nitrogens with zero attached hydrogens (tertiary/aromatic N) is 1. The van der Waals surface area contributed by atoms with E-state index in [1.807, 2.05) is 13.8 Å². The molecule has 2 N–H and O–H groups in total. The molecule has 2 rings (SSSR count). The van der Waals surface area contributed by atoms with Gasteiger partial charge in [-0.1, -0.05) is 19.9 Å². The van der Waals surface area contributed by atoms with Crippen molar-refractivity contribution in [2.45, 2.75) is 13.8 Å². The number of nitrogens with one attached hydrogen (secondary N) is 2. The first kappa shape index (κ1) is 20.2. The van der Waals surface area contributed by atoms with Crippen LogP contribution in [-0.2, 0) is 0 Å². The van der Waals surface area contributed by atoms with Crippen LogP contribution in [0.4, 0.5) is 0 Å². The molecule has 0 saturated heterocycles. The van der Waals surface area contributed by atoms with Crippen LogP contribution >= 0.6 is 0 Å². The molecule has 1 aromatic carbocycles. The molecule has 7 nitrogen and oxygen atoms in total. The molecule has 0 unspecified atom stereocenters. The first-order valence-electron chi connectivity index (χ1n) is 8.80. The molecule has 7 heteroatoms. The Hall–Kier alpha value is -3.09. The van der Waals surface area contributed by atoms with Gasteiger partial charge in [-0.05, 0) is 42.3 Å². The van der Waals surface area contributed by atoms with E-state index in [1.54, 1.807) is 49.6 Å². The maximum Gasteiger partial charge on any atom is 0.270 e. The Kier molecular flexibility index (Phi) is 7.61. The average Bonchev–Trinajstić information content (AvgIpc) is 2.69. The minimum Gasteiger partial charge on any atom is -0.497 e. The van der Waals surface area contributed by atoms with Gasteiger partial charge in [-0.25, -0.2) is 4.98 Å². The topological polar surface area (TPSA) is 89.5 Å². The summed E-state index contributed by atoms with van der Waals surface area (Å²) in [4.78, 5) is 28.4. The van der Waals surface area contributed by atoms with Crippen LogP contribution in [0.15, 0.2) is 42.5 Å². The highest BCUT2D eigenvalue weighted by Crippen LogP contribution is 2.16. The zero-order valence-corrected chi connectivity index (χ0v) is 15.8. The van der Waals surface area contributed by atoms with Crippen molar-refractivity contribution in [1.82, 2.24) is 15.6 Å². The Morgan fingerprint density at radius 2 is 1.56 bits per heavy atom. The Balaban J connectivity index is 1.81. The number of methoxy groups -OCH3 is 1. The lowest BCUT2D eigenvalue weighted by Gasteiger charge is -2.09. The van der Waals surface area contributed by atoms with E-state index in [4.69, 9.17) is 9.47 Å². The Morgan fingerprint density at radius 3 is 2.15 bits per heavy atom. The summed E-state index contributed by atoms with van der Waals surface area (Å²) in [7, 11) is 1.60. The van der Waals surface area contributed by atoms with Crippen molar-refractivity contribution < 1.29 is 19.1 Å². The molecule has 2 aromatic rings. The highest BCUT2D eigenvalue weighted by atomic mass is 16.5. The van der Waals surface area contributed by atoms with Gasteiger partial charge in [-0.3, -0.25) is 9.59 Å². The summed E-state index contributed by atoms with van der Waals surface area (Å²) in [5.74, 6) is 1.13. The van der Waals surface area contributed by atoms with Crippen LogP contribution in [0.3, 0.4) is 0 Å². The number of ether oxygens (including phenoxy) is 2. The maximum atomic E-state index is 12.2. The number of pyridine rings is 1. The maximum absolute atomic E-state index is 12.2. The smallest absolute Gasteiger partial charge is 0.270 e. The largest absolute Gasteiger partial charge is 0.497 e. The third-order valence-electron chi connectivity index (χ3n) is 3.60.